The first-order valence-electron chi connectivity index (χ1n) is 6.53. The molecule has 0 unspecified atom stereocenters. The topological polar surface area (TPSA) is 58.7 Å². The van der Waals surface area contributed by atoms with Gasteiger partial charge in [0.15, 0.2) is 0 Å². The normalized spacial score (nSPS) is 10.4. The van der Waals surface area contributed by atoms with Crippen molar-refractivity contribution in [2.24, 2.45) is 0 Å². The standard InChI is InChI=1S/C14H24N2O2/c1-3-18-14-11-12(7-8-13(14)15)16(2)9-5-4-6-10-17/h7-8,11,17H,3-6,9-10,15H2,1-2H3. The Morgan fingerprint density at radius 2 is 2.06 bits per heavy atom. The summed E-state index contributed by atoms with van der Waals surface area (Å²) in [5.74, 6) is 0.747. The molecule has 1 rings (SSSR count). The van der Waals surface area contributed by atoms with Crippen LogP contribution in [-0.4, -0.2) is 31.9 Å². The maximum absolute atomic E-state index is 8.73. The average molecular weight is 252 g/mol. The van der Waals surface area contributed by atoms with Crippen LogP contribution in [0.5, 0.6) is 5.75 Å². The summed E-state index contributed by atoms with van der Waals surface area (Å²) in [6, 6.07) is 5.86. The van der Waals surface area contributed by atoms with Crippen LogP contribution in [0.3, 0.4) is 0 Å². The summed E-state index contributed by atoms with van der Waals surface area (Å²) in [7, 11) is 2.06. The summed E-state index contributed by atoms with van der Waals surface area (Å²) in [6.45, 7) is 3.81. The first-order chi connectivity index (χ1) is 8.69. The third-order valence-electron chi connectivity index (χ3n) is 2.89. The molecule has 1 aromatic rings. The van der Waals surface area contributed by atoms with Gasteiger partial charge in [-0.1, -0.05) is 0 Å². The van der Waals surface area contributed by atoms with Gasteiger partial charge >= 0.3 is 0 Å². The van der Waals surface area contributed by atoms with Crippen molar-refractivity contribution in [3.05, 3.63) is 18.2 Å². The van der Waals surface area contributed by atoms with E-state index < -0.39 is 0 Å². The highest BCUT2D eigenvalue weighted by Crippen LogP contribution is 2.27. The van der Waals surface area contributed by atoms with Crippen LogP contribution in [0.2, 0.25) is 0 Å². The van der Waals surface area contributed by atoms with Gasteiger partial charge in [0.05, 0.1) is 12.3 Å². The number of rotatable bonds is 8. The molecule has 4 heteroatoms. The van der Waals surface area contributed by atoms with Gasteiger partial charge in [0.25, 0.3) is 0 Å². The minimum absolute atomic E-state index is 0.278. The number of aliphatic hydroxyl groups is 1. The Bertz CT molecular complexity index is 356. The molecular weight excluding hydrogens is 228 g/mol. The number of unbranched alkanes of at least 4 members (excludes halogenated alkanes) is 2. The Balaban J connectivity index is 2.56. The summed E-state index contributed by atoms with van der Waals surface area (Å²) in [5.41, 5.74) is 7.63. The molecule has 0 aliphatic carbocycles. The van der Waals surface area contributed by atoms with E-state index in [1.54, 1.807) is 0 Å². The SMILES string of the molecule is CCOc1cc(N(C)CCCCCO)ccc1N. The zero-order valence-corrected chi connectivity index (χ0v) is 11.4. The first-order valence-corrected chi connectivity index (χ1v) is 6.53. The van der Waals surface area contributed by atoms with Crippen molar-refractivity contribution in [2.45, 2.75) is 26.2 Å². The Morgan fingerprint density at radius 3 is 2.72 bits per heavy atom. The van der Waals surface area contributed by atoms with E-state index in [0.29, 0.717) is 12.3 Å². The fourth-order valence-electron chi connectivity index (χ4n) is 1.81. The molecule has 0 heterocycles. The van der Waals surface area contributed by atoms with Crippen molar-refractivity contribution >= 4 is 11.4 Å². The zero-order valence-electron chi connectivity index (χ0n) is 11.4. The molecule has 0 aliphatic heterocycles. The number of anilines is 2. The third-order valence-corrected chi connectivity index (χ3v) is 2.89. The van der Waals surface area contributed by atoms with E-state index in [4.69, 9.17) is 15.6 Å². The largest absolute Gasteiger partial charge is 0.492 e. The minimum atomic E-state index is 0.278. The van der Waals surface area contributed by atoms with Crippen molar-refractivity contribution < 1.29 is 9.84 Å². The van der Waals surface area contributed by atoms with Crippen LogP contribution in [0, 0.1) is 0 Å². The molecule has 0 amide bonds. The molecule has 0 aliphatic rings. The molecule has 0 spiro atoms. The molecule has 102 valence electrons. The number of nitrogen functional groups attached to an aromatic ring is 1. The lowest BCUT2D eigenvalue weighted by Crippen LogP contribution is -2.18. The number of ether oxygens (including phenoxy) is 1. The molecular formula is C14H24N2O2. The van der Waals surface area contributed by atoms with Crippen molar-refractivity contribution in [1.82, 2.24) is 0 Å². The van der Waals surface area contributed by atoms with Crippen molar-refractivity contribution in [1.29, 1.82) is 0 Å². The van der Waals surface area contributed by atoms with E-state index in [2.05, 4.69) is 11.9 Å². The molecule has 1 aromatic carbocycles. The van der Waals surface area contributed by atoms with Gasteiger partial charge in [0.2, 0.25) is 0 Å². The summed E-state index contributed by atoms with van der Waals surface area (Å²) in [4.78, 5) is 2.18. The van der Waals surface area contributed by atoms with Crippen molar-refractivity contribution in [3.8, 4) is 5.75 Å². The molecule has 0 saturated carbocycles. The second-order valence-corrected chi connectivity index (χ2v) is 4.36. The van der Waals surface area contributed by atoms with E-state index in [9.17, 15) is 0 Å². The lowest BCUT2D eigenvalue weighted by molar-refractivity contribution is 0.283. The second kappa shape index (κ2) is 7.82. The monoisotopic (exact) mass is 252 g/mol. The average Bonchev–Trinajstić information content (AvgIpc) is 2.37. The summed E-state index contributed by atoms with van der Waals surface area (Å²) < 4.78 is 5.49. The van der Waals surface area contributed by atoms with E-state index in [-0.39, 0.29) is 6.61 Å². The lowest BCUT2D eigenvalue weighted by atomic mass is 10.2. The molecule has 4 nitrogen and oxygen atoms in total. The van der Waals surface area contributed by atoms with Crippen LogP contribution >= 0.6 is 0 Å². The summed E-state index contributed by atoms with van der Waals surface area (Å²) in [6.07, 6.45) is 3.00. The Hall–Kier alpha value is -1.42. The predicted molar refractivity (Wildman–Crippen MR) is 76.2 cm³/mol. The molecule has 0 saturated heterocycles. The van der Waals surface area contributed by atoms with Gasteiger partial charge in [-0.15, -0.1) is 0 Å². The highest BCUT2D eigenvalue weighted by atomic mass is 16.5. The lowest BCUT2D eigenvalue weighted by Gasteiger charge is -2.20. The number of hydrogen-bond donors (Lipinski definition) is 2. The summed E-state index contributed by atoms with van der Waals surface area (Å²) >= 11 is 0. The number of hydrogen-bond acceptors (Lipinski definition) is 4. The van der Waals surface area contributed by atoms with Crippen LogP contribution in [0.4, 0.5) is 11.4 Å². The van der Waals surface area contributed by atoms with E-state index >= 15 is 0 Å². The fourth-order valence-corrected chi connectivity index (χ4v) is 1.81. The number of benzene rings is 1. The van der Waals surface area contributed by atoms with Crippen molar-refractivity contribution in [3.63, 3.8) is 0 Å². The van der Waals surface area contributed by atoms with Gasteiger partial charge in [-0.2, -0.15) is 0 Å². The molecule has 0 fully saturated rings. The first kappa shape index (κ1) is 14.6. The zero-order chi connectivity index (χ0) is 13.4. The van der Waals surface area contributed by atoms with Gasteiger partial charge in [0.1, 0.15) is 5.75 Å². The van der Waals surface area contributed by atoms with Crippen LogP contribution in [0.1, 0.15) is 26.2 Å². The van der Waals surface area contributed by atoms with E-state index in [1.165, 1.54) is 0 Å². The van der Waals surface area contributed by atoms with Gasteiger partial charge in [-0.3, -0.25) is 0 Å². The second-order valence-electron chi connectivity index (χ2n) is 4.36. The highest BCUT2D eigenvalue weighted by Gasteiger charge is 2.05. The van der Waals surface area contributed by atoms with Crippen LogP contribution in [0.25, 0.3) is 0 Å². The molecule has 18 heavy (non-hydrogen) atoms. The highest BCUT2D eigenvalue weighted by molar-refractivity contribution is 5.62. The summed E-state index contributed by atoms with van der Waals surface area (Å²) in [5, 5.41) is 8.73. The molecule has 0 atom stereocenters. The molecule has 3 N–H and O–H groups in total. The Morgan fingerprint density at radius 1 is 1.28 bits per heavy atom. The predicted octanol–water partition coefficient (Wildman–Crippen LogP) is 2.27. The Kier molecular flexibility index (Phi) is 6.36. The molecule has 0 bridgehead atoms. The fraction of sp³-hybridized carbons (Fsp3) is 0.571. The van der Waals surface area contributed by atoms with Gasteiger partial charge in [-0.25, -0.2) is 0 Å². The maximum atomic E-state index is 8.73. The Labute approximate surface area is 109 Å². The molecule has 0 radical (unpaired) electrons. The number of aliphatic hydroxyl groups excluding tert-OH is 1. The quantitative estimate of drug-likeness (QED) is 0.550. The van der Waals surface area contributed by atoms with E-state index in [1.807, 2.05) is 25.1 Å². The van der Waals surface area contributed by atoms with Gasteiger partial charge in [-0.05, 0) is 38.3 Å². The third kappa shape index (κ3) is 4.45. The van der Waals surface area contributed by atoms with Crippen LogP contribution in [-0.2, 0) is 0 Å². The minimum Gasteiger partial charge on any atom is -0.492 e. The number of nitrogens with two attached hydrogens (primary N) is 1. The van der Waals surface area contributed by atoms with Gasteiger partial charge in [0, 0.05) is 32.0 Å². The smallest absolute Gasteiger partial charge is 0.144 e. The van der Waals surface area contributed by atoms with Crippen LogP contribution in [0.15, 0.2) is 18.2 Å². The maximum Gasteiger partial charge on any atom is 0.144 e. The van der Waals surface area contributed by atoms with Gasteiger partial charge < -0.3 is 20.5 Å². The van der Waals surface area contributed by atoms with Crippen LogP contribution < -0.4 is 15.4 Å². The van der Waals surface area contributed by atoms with Crippen molar-refractivity contribution in [2.75, 3.05) is 37.4 Å². The number of nitrogens with zero attached hydrogens (tertiary/aromatic N) is 1. The molecule has 0 aromatic heterocycles. The van der Waals surface area contributed by atoms with E-state index in [0.717, 1.165) is 37.2 Å².